The van der Waals surface area contributed by atoms with Crippen molar-refractivity contribution in [2.24, 2.45) is 0 Å². The Kier molecular flexibility index (Phi) is 4.10. The number of aryl methyl sites for hydroxylation is 1. The van der Waals surface area contributed by atoms with Crippen LogP contribution in [0.25, 0.3) is 10.9 Å². The summed E-state index contributed by atoms with van der Waals surface area (Å²) >= 11 is 6.06. The van der Waals surface area contributed by atoms with Crippen LogP contribution in [0.15, 0.2) is 35.4 Å². The first kappa shape index (κ1) is 18.1. The minimum Gasteiger partial charge on any atom is -0.335 e. The van der Waals surface area contributed by atoms with Gasteiger partial charge in [-0.15, -0.1) is 0 Å². The van der Waals surface area contributed by atoms with Gasteiger partial charge >= 0.3 is 0 Å². The normalized spacial score (nSPS) is 17.4. The molecule has 5 rings (SSSR count). The first-order valence-electron chi connectivity index (χ1n) is 9.75. The minimum atomic E-state index is -0.620. The van der Waals surface area contributed by atoms with Crippen molar-refractivity contribution in [2.75, 3.05) is 5.32 Å². The monoisotopic (exact) mass is 409 g/mol. The zero-order valence-corrected chi connectivity index (χ0v) is 16.7. The summed E-state index contributed by atoms with van der Waals surface area (Å²) in [6.07, 6.45) is 6.06. The number of carbonyl (C=O) groups is 1. The fourth-order valence-corrected chi connectivity index (χ4v) is 4.76. The van der Waals surface area contributed by atoms with Crippen LogP contribution in [-0.2, 0) is 5.66 Å². The molecule has 7 nitrogen and oxygen atoms in total. The molecule has 1 saturated carbocycles. The van der Waals surface area contributed by atoms with Crippen LogP contribution in [0.3, 0.4) is 0 Å². The lowest BCUT2D eigenvalue weighted by atomic mass is 9.89. The molecule has 2 N–H and O–H groups in total. The summed E-state index contributed by atoms with van der Waals surface area (Å²) in [4.78, 5) is 34.7. The van der Waals surface area contributed by atoms with E-state index < -0.39 is 5.66 Å². The highest BCUT2D eigenvalue weighted by Crippen LogP contribution is 2.37. The number of benzene rings is 1. The van der Waals surface area contributed by atoms with Gasteiger partial charge in [0.25, 0.3) is 11.5 Å². The third-order valence-electron chi connectivity index (χ3n) is 5.91. The van der Waals surface area contributed by atoms with Crippen LogP contribution in [-0.4, -0.2) is 20.4 Å². The molecule has 0 saturated heterocycles. The van der Waals surface area contributed by atoms with Crippen LogP contribution in [0.4, 0.5) is 11.5 Å². The molecule has 1 aliphatic carbocycles. The Morgan fingerprint density at radius 2 is 1.93 bits per heavy atom. The second-order valence-electron chi connectivity index (χ2n) is 7.79. The Bertz CT molecular complexity index is 1210. The number of carbonyl (C=O) groups excluding carboxylic acids is 1. The van der Waals surface area contributed by atoms with Gasteiger partial charge in [0.05, 0.1) is 5.52 Å². The Balaban J connectivity index is 1.65. The molecule has 2 aromatic heterocycles. The number of aromatic nitrogens is 3. The molecular weight excluding hydrogens is 390 g/mol. The van der Waals surface area contributed by atoms with Crippen LogP contribution in [0.5, 0.6) is 0 Å². The topological polar surface area (TPSA) is 88.9 Å². The van der Waals surface area contributed by atoms with Gasteiger partial charge in [-0.25, -0.2) is 9.97 Å². The van der Waals surface area contributed by atoms with Crippen molar-refractivity contribution < 1.29 is 4.79 Å². The van der Waals surface area contributed by atoms with E-state index in [1.807, 2.05) is 13.0 Å². The van der Waals surface area contributed by atoms with Gasteiger partial charge in [-0.3, -0.25) is 14.2 Å². The van der Waals surface area contributed by atoms with E-state index in [1.54, 1.807) is 22.8 Å². The standard InChI is InChI=1S/C21H20ClN5O2/c1-12-9-16(25-18-14-6-5-13(22)10-15(14)23-11-24-18)20(29)27-17(12)19(28)26-21(27)7-3-2-4-8-21/h5-6,9-11H,2-4,7-8H2,1H3,(H,26,28)(H,23,24,25). The molecule has 0 radical (unpaired) electrons. The summed E-state index contributed by atoms with van der Waals surface area (Å²) in [5, 5.41) is 7.62. The summed E-state index contributed by atoms with van der Waals surface area (Å²) in [5.41, 5.74) is 1.46. The van der Waals surface area contributed by atoms with Gasteiger partial charge < -0.3 is 10.6 Å². The van der Waals surface area contributed by atoms with E-state index in [2.05, 4.69) is 20.6 Å². The minimum absolute atomic E-state index is 0.171. The molecular formula is C21H20ClN5O2. The third kappa shape index (κ3) is 2.80. The van der Waals surface area contributed by atoms with Crippen molar-refractivity contribution in [1.82, 2.24) is 19.9 Å². The third-order valence-corrected chi connectivity index (χ3v) is 6.15. The zero-order valence-electron chi connectivity index (χ0n) is 16.0. The molecule has 148 valence electrons. The number of amides is 1. The second kappa shape index (κ2) is 6.56. The summed E-state index contributed by atoms with van der Waals surface area (Å²) < 4.78 is 1.67. The van der Waals surface area contributed by atoms with Crippen LogP contribution in [0, 0.1) is 6.92 Å². The number of anilines is 2. The van der Waals surface area contributed by atoms with E-state index in [1.165, 1.54) is 6.33 Å². The maximum Gasteiger partial charge on any atom is 0.276 e. The van der Waals surface area contributed by atoms with E-state index in [0.29, 0.717) is 27.7 Å². The number of hydrogen-bond donors (Lipinski definition) is 2. The molecule has 29 heavy (non-hydrogen) atoms. The van der Waals surface area contributed by atoms with Crippen molar-refractivity contribution in [1.29, 1.82) is 0 Å². The smallest absolute Gasteiger partial charge is 0.276 e. The number of rotatable bonds is 2. The summed E-state index contributed by atoms with van der Waals surface area (Å²) in [7, 11) is 0. The highest BCUT2D eigenvalue weighted by atomic mass is 35.5. The summed E-state index contributed by atoms with van der Waals surface area (Å²) in [6.45, 7) is 1.86. The average Bonchev–Trinajstić information content (AvgIpc) is 2.98. The predicted octanol–water partition coefficient (Wildman–Crippen LogP) is 3.86. The van der Waals surface area contributed by atoms with Gasteiger partial charge in [0, 0.05) is 10.4 Å². The first-order chi connectivity index (χ1) is 14.0. The molecule has 3 aromatic rings. The van der Waals surface area contributed by atoms with Crippen LogP contribution < -0.4 is 16.2 Å². The van der Waals surface area contributed by atoms with E-state index in [4.69, 9.17) is 11.6 Å². The number of hydrogen-bond acceptors (Lipinski definition) is 5. The van der Waals surface area contributed by atoms with Gasteiger partial charge in [-0.2, -0.15) is 0 Å². The molecule has 1 amide bonds. The Morgan fingerprint density at radius 1 is 1.14 bits per heavy atom. The van der Waals surface area contributed by atoms with Crippen LogP contribution in [0.2, 0.25) is 5.02 Å². The van der Waals surface area contributed by atoms with Crippen LogP contribution >= 0.6 is 11.6 Å². The molecule has 1 spiro atoms. The van der Waals surface area contributed by atoms with Gasteiger partial charge in [-0.1, -0.05) is 18.0 Å². The maximum absolute atomic E-state index is 13.5. The Morgan fingerprint density at radius 3 is 2.72 bits per heavy atom. The van der Waals surface area contributed by atoms with Crippen LogP contribution in [0.1, 0.15) is 48.2 Å². The molecule has 0 atom stereocenters. The molecule has 0 bridgehead atoms. The fourth-order valence-electron chi connectivity index (χ4n) is 4.59. The number of pyridine rings is 1. The van der Waals surface area contributed by atoms with E-state index >= 15 is 0 Å². The predicted molar refractivity (Wildman–Crippen MR) is 112 cm³/mol. The first-order valence-corrected chi connectivity index (χ1v) is 10.1. The van der Waals surface area contributed by atoms with E-state index in [0.717, 1.165) is 43.1 Å². The average molecular weight is 410 g/mol. The second-order valence-corrected chi connectivity index (χ2v) is 8.22. The maximum atomic E-state index is 13.5. The van der Waals surface area contributed by atoms with Crippen molar-refractivity contribution in [2.45, 2.75) is 44.7 Å². The van der Waals surface area contributed by atoms with Gasteiger partial charge in [-0.05, 0) is 62.4 Å². The Labute approximate surface area is 172 Å². The quantitative estimate of drug-likeness (QED) is 0.671. The molecule has 2 aliphatic rings. The highest BCUT2D eigenvalue weighted by Gasteiger charge is 2.45. The molecule has 1 fully saturated rings. The lowest BCUT2D eigenvalue weighted by molar-refractivity contribution is 0.0876. The molecule has 1 aliphatic heterocycles. The zero-order chi connectivity index (χ0) is 20.2. The van der Waals surface area contributed by atoms with Crippen molar-refractivity contribution in [3.05, 3.63) is 57.2 Å². The number of fused-ring (bicyclic) bond motifs is 3. The SMILES string of the molecule is Cc1cc(Nc2ncnc3cc(Cl)ccc23)c(=O)n2c1C(=O)NC21CCCCC1. The lowest BCUT2D eigenvalue weighted by Crippen LogP contribution is -2.48. The van der Waals surface area contributed by atoms with Crippen molar-refractivity contribution in [3.63, 3.8) is 0 Å². The van der Waals surface area contributed by atoms with E-state index in [9.17, 15) is 9.59 Å². The van der Waals surface area contributed by atoms with Gasteiger partial charge in [0.2, 0.25) is 0 Å². The van der Waals surface area contributed by atoms with Crippen molar-refractivity contribution >= 4 is 39.9 Å². The molecule has 3 heterocycles. The van der Waals surface area contributed by atoms with Gasteiger partial charge in [0.1, 0.15) is 29.2 Å². The van der Waals surface area contributed by atoms with Crippen molar-refractivity contribution in [3.8, 4) is 0 Å². The van der Waals surface area contributed by atoms with E-state index in [-0.39, 0.29) is 11.5 Å². The molecule has 1 aromatic carbocycles. The number of halogens is 1. The molecule has 8 heteroatoms. The van der Waals surface area contributed by atoms with Gasteiger partial charge in [0.15, 0.2) is 0 Å². The highest BCUT2D eigenvalue weighted by molar-refractivity contribution is 6.31. The Hall–Kier alpha value is -2.93. The number of nitrogens with one attached hydrogen (secondary N) is 2. The fraction of sp³-hybridized carbons (Fsp3) is 0.333. The summed E-state index contributed by atoms with van der Waals surface area (Å²) in [5.74, 6) is 0.355. The largest absolute Gasteiger partial charge is 0.335 e. The molecule has 0 unspecified atom stereocenters. The summed E-state index contributed by atoms with van der Waals surface area (Å²) in [6, 6.07) is 7.06. The number of nitrogens with zero attached hydrogens (tertiary/aromatic N) is 3. The lowest BCUT2D eigenvalue weighted by Gasteiger charge is -2.35.